The number of hydrazine groups is 1. The molecule has 0 fully saturated rings. The van der Waals surface area contributed by atoms with Crippen molar-refractivity contribution in [3.63, 3.8) is 0 Å². The quantitative estimate of drug-likeness (QED) is 0.926. The van der Waals surface area contributed by atoms with E-state index in [4.69, 9.17) is 0 Å². The number of fused-ring (bicyclic) bond motifs is 3. The first-order valence-corrected chi connectivity index (χ1v) is 7.83. The van der Waals surface area contributed by atoms with Crippen molar-refractivity contribution in [3.05, 3.63) is 71.6 Å². The number of benzene rings is 1. The zero-order valence-corrected chi connectivity index (χ0v) is 13.3. The summed E-state index contributed by atoms with van der Waals surface area (Å²) in [6.45, 7) is 2.30. The number of pyridine rings is 1. The number of hydrogen-bond donors (Lipinski definition) is 1. The van der Waals surface area contributed by atoms with Gasteiger partial charge in [-0.2, -0.15) is 15.2 Å². The SMILES string of the molecule is Cc1cccc(CNC(=O)N2c3ccccc3C3C=CC=NN32)n1. The van der Waals surface area contributed by atoms with Gasteiger partial charge in [0.2, 0.25) is 0 Å². The first-order valence-electron chi connectivity index (χ1n) is 7.83. The summed E-state index contributed by atoms with van der Waals surface area (Å²) >= 11 is 0. The van der Waals surface area contributed by atoms with Gasteiger partial charge in [-0.15, -0.1) is 0 Å². The molecule has 1 unspecified atom stereocenters. The molecule has 0 spiro atoms. The third-order valence-electron chi connectivity index (χ3n) is 4.06. The van der Waals surface area contributed by atoms with Gasteiger partial charge >= 0.3 is 6.03 Å². The van der Waals surface area contributed by atoms with E-state index < -0.39 is 0 Å². The fourth-order valence-electron chi connectivity index (χ4n) is 3.00. The van der Waals surface area contributed by atoms with E-state index in [0.29, 0.717) is 6.54 Å². The van der Waals surface area contributed by atoms with Gasteiger partial charge < -0.3 is 5.32 Å². The number of nitrogens with zero attached hydrogens (tertiary/aromatic N) is 4. The van der Waals surface area contributed by atoms with E-state index in [-0.39, 0.29) is 12.1 Å². The van der Waals surface area contributed by atoms with E-state index in [1.807, 2.05) is 61.5 Å². The molecule has 2 aromatic rings. The highest BCUT2D eigenvalue weighted by Gasteiger charge is 2.38. The summed E-state index contributed by atoms with van der Waals surface area (Å²) in [6.07, 6.45) is 5.61. The largest absolute Gasteiger partial charge is 0.342 e. The van der Waals surface area contributed by atoms with Crippen LogP contribution in [0.2, 0.25) is 0 Å². The average Bonchev–Trinajstić information content (AvgIpc) is 2.94. The molecule has 0 bridgehead atoms. The zero-order chi connectivity index (χ0) is 16.5. The van der Waals surface area contributed by atoms with Crippen LogP contribution >= 0.6 is 0 Å². The molecule has 1 aromatic heterocycles. The lowest BCUT2D eigenvalue weighted by Gasteiger charge is -2.29. The maximum atomic E-state index is 12.8. The van der Waals surface area contributed by atoms with Crippen LogP contribution in [0, 0.1) is 6.92 Å². The molecule has 3 heterocycles. The van der Waals surface area contributed by atoms with Crippen LogP contribution in [0.5, 0.6) is 0 Å². The highest BCUT2D eigenvalue weighted by molar-refractivity contribution is 5.94. The van der Waals surface area contributed by atoms with Crippen LogP contribution in [0.25, 0.3) is 0 Å². The van der Waals surface area contributed by atoms with Gasteiger partial charge in [-0.25, -0.2) is 4.79 Å². The number of aromatic nitrogens is 1. The molecule has 0 aliphatic carbocycles. The van der Waals surface area contributed by atoms with Crippen molar-refractivity contribution in [3.8, 4) is 0 Å². The lowest BCUT2D eigenvalue weighted by Crippen LogP contribution is -2.46. The number of para-hydroxylation sites is 1. The first-order chi connectivity index (χ1) is 11.7. The van der Waals surface area contributed by atoms with Crippen LogP contribution in [-0.2, 0) is 6.54 Å². The summed E-state index contributed by atoms with van der Waals surface area (Å²) in [5.41, 5.74) is 3.67. The van der Waals surface area contributed by atoms with Crippen LogP contribution in [-0.4, -0.2) is 22.3 Å². The molecule has 6 nitrogen and oxygen atoms in total. The third kappa shape index (κ3) is 2.42. The maximum Gasteiger partial charge on any atom is 0.342 e. The smallest absolute Gasteiger partial charge is 0.331 e. The second-order valence-corrected chi connectivity index (χ2v) is 5.71. The summed E-state index contributed by atoms with van der Waals surface area (Å²) in [4.78, 5) is 17.2. The van der Waals surface area contributed by atoms with Crippen LogP contribution in [0.3, 0.4) is 0 Å². The second-order valence-electron chi connectivity index (χ2n) is 5.71. The maximum absolute atomic E-state index is 12.8. The minimum absolute atomic E-state index is 0.0472. The van der Waals surface area contributed by atoms with Crippen LogP contribution in [0.4, 0.5) is 10.5 Å². The normalized spacial score (nSPS) is 17.6. The van der Waals surface area contributed by atoms with E-state index in [2.05, 4.69) is 15.4 Å². The Morgan fingerprint density at radius 2 is 2.08 bits per heavy atom. The Balaban J connectivity index is 1.57. The number of rotatable bonds is 2. The van der Waals surface area contributed by atoms with Gasteiger partial charge in [0.25, 0.3) is 0 Å². The molecule has 24 heavy (non-hydrogen) atoms. The number of allylic oxidation sites excluding steroid dienone is 1. The predicted molar refractivity (Wildman–Crippen MR) is 92.3 cm³/mol. The number of aryl methyl sites for hydroxylation is 1. The van der Waals surface area contributed by atoms with Crippen molar-refractivity contribution in [1.29, 1.82) is 0 Å². The lowest BCUT2D eigenvalue weighted by atomic mass is 10.1. The summed E-state index contributed by atoms with van der Waals surface area (Å²) in [5, 5.41) is 10.6. The molecule has 2 amide bonds. The van der Waals surface area contributed by atoms with Gasteiger partial charge in [-0.3, -0.25) is 4.98 Å². The van der Waals surface area contributed by atoms with Gasteiger partial charge in [0, 0.05) is 17.5 Å². The van der Waals surface area contributed by atoms with Gasteiger partial charge in [0.05, 0.1) is 17.9 Å². The van der Waals surface area contributed by atoms with Gasteiger partial charge in [-0.05, 0) is 31.2 Å². The molecule has 2 aliphatic heterocycles. The van der Waals surface area contributed by atoms with Crippen molar-refractivity contribution in [1.82, 2.24) is 15.4 Å². The number of carbonyl (C=O) groups excluding carboxylic acids is 1. The van der Waals surface area contributed by atoms with Crippen molar-refractivity contribution >= 4 is 17.9 Å². The number of urea groups is 1. The molecular formula is C18H17N5O. The number of carbonyl (C=O) groups is 1. The summed E-state index contributed by atoms with van der Waals surface area (Å²) in [5.74, 6) is 0. The van der Waals surface area contributed by atoms with E-state index >= 15 is 0 Å². The lowest BCUT2D eigenvalue weighted by molar-refractivity contribution is 0.206. The third-order valence-corrected chi connectivity index (χ3v) is 4.06. The van der Waals surface area contributed by atoms with Crippen LogP contribution in [0.15, 0.2) is 59.7 Å². The molecule has 0 saturated heterocycles. The molecule has 6 heteroatoms. The molecule has 2 aliphatic rings. The van der Waals surface area contributed by atoms with Crippen LogP contribution < -0.4 is 10.3 Å². The van der Waals surface area contributed by atoms with E-state index in [0.717, 1.165) is 22.6 Å². The predicted octanol–water partition coefficient (Wildman–Crippen LogP) is 2.93. The summed E-state index contributed by atoms with van der Waals surface area (Å²) in [6, 6.07) is 13.3. The highest BCUT2D eigenvalue weighted by atomic mass is 16.2. The van der Waals surface area contributed by atoms with Gasteiger partial charge in [-0.1, -0.05) is 30.3 Å². The molecule has 1 aromatic carbocycles. The molecule has 1 N–H and O–H groups in total. The van der Waals surface area contributed by atoms with Crippen molar-refractivity contribution < 1.29 is 4.79 Å². The van der Waals surface area contributed by atoms with Crippen molar-refractivity contribution in [2.45, 2.75) is 19.5 Å². The minimum Gasteiger partial charge on any atom is -0.331 e. The fraction of sp³-hybridized carbons (Fsp3) is 0.167. The van der Waals surface area contributed by atoms with E-state index in [1.54, 1.807) is 16.3 Å². The summed E-state index contributed by atoms with van der Waals surface area (Å²) in [7, 11) is 0. The van der Waals surface area contributed by atoms with Crippen molar-refractivity contribution in [2.75, 3.05) is 5.01 Å². The van der Waals surface area contributed by atoms with E-state index in [1.165, 1.54) is 0 Å². The Morgan fingerprint density at radius 3 is 2.96 bits per heavy atom. The van der Waals surface area contributed by atoms with Crippen LogP contribution in [0.1, 0.15) is 23.0 Å². The molecule has 0 radical (unpaired) electrons. The molecule has 4 rings (SSSR count). The number of nitrogens with one attached hydrogen (secondary N) is 1. The van der Waals surface area contributed by atoms with Gasteiger partial charge in [0.1, 0.15) is 6.04 Å². The Hall–Kier alpha value is -3.15. The Morgan fingerprint density at radius 1 is 1.21 bits per heavy atom. The minimum atomic E-state index is -0.222. The number of hydrogen-bond acceptors (Lipinski definition) is 4. The second kappa shape index (κ2) is 5.81. The molecular weight excluding hydrogens is 302 g/mol. The molecule has 0 saturated carbocycles. The highest BCUT2D eigenvalue weighted by Crippen LogP contribution is 2.41. The van der Waals surface area contributed by atoms with E-state index in [9.17, 15) is 4.79 Å². The average molecular weight is 319 g/mol. The Labute approximate surface area is 140 Å². The number of hydrazone groups is 1. The number of anilines is 1. The van der Waals surface area contributed by atoms with Crippen molar-refractivity contribution in [2.24, 2.45) is 5.10 Å². The Bertz CT molecular complexity index is 845. The zero-order valence-electron chi connectivity index (χ0n) is 13.3. The topological polar surface area (TPSA) is 60.8 Å². The van der Waals surface area contributed by atoms with Gasteiger partial charge in [0.15, 0.2) is 0 Å². The molecule has 1 atom stereocenters. The number of amides is 2. The first kappa shape index (κ1) is 14.4. The summed E-state index contributed by atoms with van der Waals surface area (Å²) < 4.78 is 0. The fourth-order valence-corrected chi connectivity index (χ4v) is 3.00. The molecule has 120 valence electrons. The standard InChI is InChI=1S/C18H17N5O/c1-13-6-4-7-14(21-13)12-19-18(24)22-16-9-3-2-8-15(16)17-10-5-11-20-23(17)22/h2-11,17H,12H2,1H3,(H,19,24). The Kier molecular flexibility index (Phi) is 3.49. The monoisotopic (exact) mass is 319 g/mol.